The summed E-state index contributed by atoms with van der Waals surface area (Å²) in [5, 5.41) is 3.41. The maximum Gasteiger partial charge on any atom is 0.263 e. The zero-order valence-electron chi connectivity index (χ0n) is 15.5. The lowest BCUT2D eigenvalue weighted by Gasteiger charge is -2.15. The average Bonchev–Trinajstić information content (AvgIpc) is 3.06. The van der Waals surface area contributed by atoms with Gasteiger partial charge < -0.3 is 5.32 Å². The molecule has 2 heterocycles. The Balaban J connectivity index is 1.77. The first-order chi connectivity index (χ1) is 13.6. The van der Waals surface area contributed by atoms with E-state index in [9.17, 15) is 9.59 Å². The number of hydrogen-bond donors (Lipinski definition) is 1. The molecule has 5 nitrogen and oxygen atoms in total. The van der Waals surface area contributed by atoms with Gasteiger partial charge in [-0.05, 0) is 31.5 Å². The van der Waals surface area contributed by atoms with Gasteiger partial charge >= 0.3 is 0 Å². The second-order valence-electron chi connectivity index (χ2n) is 6.57. The molecule has 0 spiro atoms. The van der Waals surface area contributed by atoms with Crippen molar-refractivity contribution in [2.45, 2.75) is 19.9 Å². The Morgan fingerprint density at radius 3 is 2.39 bits per heavy atom. The fourth-order valence-electron chi connectivity index (χ4n) is 3.24. The van der Waals surface area contributed by atoms with Crippen LogP contribution in [-0.2, 0) is 4.79 Å². The van der Waals surface area contributed by atoms with Gasteiger partial charge in [0, 0.05) is 16.1 Å². The summed E-state index contributed by atoms with van der Waals surface area (Å²) in [6.07, 6.45) is 1.46. The van der Waals surface area contributed by atoms with Gasteiger partial charge in [0.15, 0.2) is 0 Å². The first kappa shape index (κ1) is 18.1. The third kappa shape index (κ3) is 3.23. The van der Waals surface area contributed by atoms with E-state index >= 15 is 0 Å². The third-order valence-electron chi connectivity index (χ3n) is 4.71. The van der Waals surface area contributed by atoms with Crippen molar-refractivity contribution in [2.24, 2.45) is 0 Å². The Kier molecular flexibility index (Phi) is 4.79. The van der Waals surface area contributed by atoms with Crippen LogP contribution in [-0.4, -0.2) is 15.5 Å². The molecule has 4 rings (SSSR count). The van der Waals surface area contributed by atoms with Crippen molar-refractivity contribution in [1.29, 1.82) is 0 Å². The number of amides is 1. The van der Waals surface area contributed by atoms with Gasteiger partial charge in [-0.2, -0.15) is 0 Å². The van der Waals surface area contributed by atoms with Gasteiger partial charge in [0.1, 0.15) is 10.9 Å². The van der Waals surface area contributed by atoms with E-state index in [4.69, 9.17) is 0 Å². The molecule has 140 valence electrons. The van der Waals surface area contributed by atoms with Crippen molar-refractivity contribution < 1.29 is 4.79 Å². The van der Waals surface area contributed by atoms with Crippen molar-refractivity contribution in [3.8, 4) is 11.1 Å². The van der Waals surface area contributed by atoms with Crippen LogP contribution in [0.3, 0.4) is 0 Å². The van der Waals surface area contributed by atoms with Crippen LogP contribution >= 0.6 is 11.3 Å². The van der Waals surface area contributed by atoms with E-state index in [0.717, 1.165) is 16.0 Å². The summed E-state index contributed by atoms with van der Waals surface area (Å²) < 4.78 is 1.40. The van der Waals surface area contributed by atoms with Gasteiger partial charge in [-0.3, -0.25) is 14.2 Å². The zero-order valence-corrected chi connectivity index (χ0v) is 16.4. The van der Waals surface area contributed by atoms with E-state index in [-0.39, 0.29) is 11.5 Å². The highest BCUT2D eigenvalue weighted by molar-refractivity contribution is 7.19. The number of nitrogens with one attached hydrogen (secondary N) is 1. The summed E-state index contributed by atoms with van der Waals surface area (Å²) in [5.74, 6) is -0.261. The van der Waals surface area contributed by atoms with Crippen LogP contribution in [0.5, 0.6) is 0 Å². The molecule has 0 radical (unpaired) electrons. The summed E-state index contributed by atoms with van der Waals surface area (Å²) in [4.78, 5) is 32.1. The van der Waals surface area contributed by atoms with Gasteiger partial charge in [-0.15, -0.1) is 11.3 Å². The molecule has 0 bridgehead atoms. The lowest BCUT2D eigenvalue weighted by Crippen LogP contribution is -2.31. The number of anilines is 1. The SMILES string of the molecule is Cc1sc2ncn(C(C)C(=O)Nc3ccccc3)c(=O)c2c1-c1ccccc1. The molecule has 2 aromatic carbocycles. The number of aryl methyl sites for hydroxylation is 1. The molecule has 4 aromatic rings. The van der Waals surface area contributed by atoms with Crippen LogP contribution in [0.4, 0.5) is 5.69 Å². The van der Waals surface area contributed by atoms with E-state index in [1.165, 1.54) is 22.2 Å². The molecule has 0 aliphatic carbocycles. The quantitative estimate of drug-likeness (QED) is 0.553. The first-order valence-electron chi connectivity index (χ1n) is 8.98. The van der Waals surface area contributed by atoms with Crippen molar-refractivity contribution in [2.75, 3.05) is 5.32 Å². The summed E-state index contributed by atoms with van der Waals surface area (Å²) in [6, 6.07) is 18.3. The van der Waals surface area contributed by atoms with Crippen molar-refractivity contribution in [3.63, 3.8) is 0 Å². The number of hydrogen-bond acceptors (Lipinski definition) is 4. The topological polar surface area (TPSA) is 64.0 Å². The largest absolute Gasteiger partial charge is 0.324 e. The maximum atomic E-state index is 13.3. The summed E-state index contributed by atoms with van der Waals surface area (Å²) in [5.41, 5.74) is 2.36. The number of fused-ring (bicyclic) bond motifs is 1. The fraction of sp³-hybridized carbons (Fsp3) is 0.136. The molecule has 28 heavy (non-hydrogen) atoms. The molecule has 1 amide bonds. The molecule has 0 fully saturated rings. The Morgan fingerprint density at radius 1 is 1.07 bits per heavy atom. The van der Waals surface area contributed by atoms with Crippen LogP contribution in [0.25, 0.3) is 21.3 Å². The molecule has 0 aliphatic rings. The van der Waals surface area contributed by atoms with Crippen LogP contribution in [0.2, 0.25) is 0 Å². The Hall–Kier alpha value is -3.25. The number of aromatic nitrogens is 2. The van der Waals surface area contributed by atoms with Crippen molar-refractivity contribution in [3.05, 3.63) is 82.2 Å². The number of benzene rings is 2. The van der Waals surface area contributed by atoms with E-state index in [1.807, 2.05) is 67.6 Å². The Labute approximate surface area is 166 Å². The molecule has 1 atom stereocenters. The number of rotatable bonds is 4. The van der Waals surface area contributed by atoms with Crippen molar-refractivity contribution >= 4 is 33.1 Å². The second kappa shape index (κ2) is 7.40. The predicted octanol–water partition coefficient (Wildman–Crippen LogP) is 4.63. The lowest BCUT2D eigenvalue weighted by molar-refractivity contribution is -0.118. The van der Waals surface area contributed by atoms with E-state index < -0.39 is 6.04 Å². The maximum absolute atomic E-state index is 13.3. The normalized spacial score (nSPS) is 12.1. The van der Waals surface area contributed by atoms with Crippen LogP contribution < -0.4 is 10.9 Å². The standard InChI is InChI=1S/C22H19N3O2S/c1-14(20(26)24-17-11-7-4-8-12-17)25-13-23-21-19(22(25)27)18(15(2)28-21)16-9-5-3-6-10-16/h3-14H,1-2H3,(H,24,26). The van der Waals surface area contributed by atoms with Crippen LogP contribution in [0.1, 0.15) is 17.8 Å². The molecular formula is C22H19N3O2S. The molecule has 6 heteroatoms. The van der Waals surface area contributed by atoms with Gasteiger partial charge in [-0.1, -0.05) is 48.5 Å². The van der Waals surface area contributed by atoms with E-state index in [2.05, 4.69) is 10.3 Å². The Morgan fingerprint density at radius 2 is 1.71 bits per heavy atom. The van der Waals surface area contributed by atoms with Crippen LogP contribution in [0, 0.1) is 6.92 Å². The highest BCUT2D eigenvalue weighted by Crippen LogP contribution is 2.35. The molecule has 0 saturated heterocycles. The van der Waals surface area contributed by atoms with E-state index in [1.54, 1.807) is 6.92 Å². The summed E-state index contributed by atoms with van der Waals surface area (Å²) >= 11 is 1.49. The van der Waals surface area contributed by atoms with Gasteiger partial charge in [0.05, 0.1) is 11.7 Å². The predicted molar refractivity (Wildman–Crippen MR) is 114 cm³/mol. The lowest BCUT2D eigenvalue weighted by atomic mass is 10.0. The number of para-hydroxylation sites is 1. The molecular weight excluding hydrogens is 370 g/mol. The molecule has 1 N–H and O–H groups in total. The first-order valence-corrected chi connectivity index (χ1v) is 9.79. The average molecular weight is 389 g/mol. The smallest absolute Gasteiger partial charge is 0.263 e. The summed E-state index contributed by atoms with van der Waals surface area (Å²) in [7, 11) is 0. The molecule has 2 aromatic heterocycles. The highest BCUT2D eigenvalue weighted by Gasteiger charge is 2.21. The monoisotopic (exact) mass is 389 g/mol. The molecule has 0 aliphatic heterocycles. The summed E-state index contributed by atoms with van der Waals surface area (Å²) in [6.45, 7) is 3.69. The van der Waals surface area contributed by atoms with Crippen molar-refractivity contribution in [1.82, 2.24) is 9.55 Å². The molecule has 0 saturated carbocycles. The fourth-order valence-corrected chi connectivity index (χ4v) is 4.24. The third-order valence-corrected chi connectivity index (χ3v) is 5.73. The minimum atomic E-state index is -0.687. The second-order valence-corrected chi connectivity index (χ2v) is 7.77. The van der Waals surface area contributed by atoms with Gasteiger partial charge in [0.25, 0.3) is 5.56 Å². The Bertz CT molecular complexity index is 1200. The minimum absolute atomic E-state index is 0.205. The highest BCUT2D eigenvalue weighted by atomic mass is 32.1. The van der Waals surface area contributed by atoms with Gasteiger partial charge in [-0.25, -0.2) is 4.98 Å². The number of thiophene rings is 1. The minimum Gasteiger partial charge on any atom is -0.324 e. The van der Waals surface area contributed by atoms with E-state index in [0.29, 0.717) is 15.9 Å². The molecule has 1 unspecified atom stereocenters. The van der Waals surface area contributed by atoms with Gasteiger partial charge in [0.2, 0.25) is 5.91 Å². The number of carbonyl (C=O) groups is 1. The van der Waals surface area contributed by atoms with Crippen LogP contribution in [0.15, 0.2) is 71.8 Å². The number of carbonyl (C=O) groups excluding carboxylic acids is 1. The zero-order chi connectivity index (χ0) is 19.7. The number of nitrogens with zero attached hydrogens (tertiary/aromatic N) is 2.